The minimum absolute atomic E-state index is 0.103. The van der Waals surface area contributed by atoms with Crippen LogP contribution in [0.1, 0.15) is 30.4 Å². The molecule has 31 heavy (non-hydrogen) atoms. The maximum Gasteiger partial charge on any atom is 0.243 e. The number of carbonyl (C=O) groups is 1. The average Bonchev–Trinajstić information content (AvgIpc) is 2.81. The fourth-order valence-electron chi connectivity index (χ4n) is 4.32. The van der Waals surface area contributed by atoms with E-state index in [2.05, 4.69) is 29.2 Å². The molecule has 2 aromatic carbocycles. The van der Waals surface area contributed by atoms with Gasteiger partial charge in [0.2, 0.25) is 15.9 Å². The molecule has 2 aliphatic heterocycles. The number of hydrogen-bond donors (Lipinski definition) is 0. The number of rotatable bonds is 6. The summed E-state index contributed by atoms with van der Waals surface area (Å²) in [6.07, 6.45) is 3.24. The summed E-state index contributed by atoms with van der Waals surface area (Å²) in [5, 5.41) is 0. The number of piperidine rings is 1. The van der Waals surface area contributed by atoms with E-state index >= 15 is 0 Å². The highest BCUT2D eigenvalue weighted by atomic mass is 32.2. The zero-order valence-electron chi connectivity index (χ0n) is 17.9. The first-order valence-electron chi connectivity index (χ1n) is 11.2. The van der Waals surface area contributed by atoms with Crippen molar-refractivity contribution in [2.75, 3.05) is 39.3 Å². The Kier molecular flexibility index (Phi) is 7.05. The number of nitrogens with zero attached hydrogens (tertiary/aromatic N) is 3. The Morgan fingerprint density at radius 1 is 0.742 bits per heavy atom. The zero-order valence-corrected chi connectivity index (χ0v) is 18.8. The van der Waals surface area contributed by atoms with E-state index in [-0.39, 0.29) is 5.91 Å². The van der Waals surface area contributed by atoms with Crippen LogP contribution in [-0.2, 0) is 27.8 Å². The molecule has 0 aromatic heterocycles. The van der Waals surface area contributed by atoms with Crippen molar-refractivity contribution in [3.05, 3.63) is 65.7 Å². The number of hydrogen-bond acceptors (Lipinski definition) is 4. The van der Waals surface area contributed by atoms with Gasteiger partial charge in [-0.3, -0.25) is 9.69 Å². The van der Waals surface area contributed by atoms with Crippen LogP contribution in [-0.4, -0.2) is 67.7 Å². The zero-order chi connectivity index (χ0) is 21.7. The van der Waals surface area contributed by atoms with Crippen LogP contribution < -0.4 is 0 Å². The maximum absolute atomic E-state index is 12.8. The monoisotopic (exact) mass is 441 g/mol. The number of benzene rings is 2. The molecule has 7 heteroatoms. The van der Waals surface area contributed by atoms with E-state index in [0.29, 0.717) is 24.4 Å². The summed E-state index contributed by atoms with van der Waals surface area (Å²) < 4.78 is 27.1. The summed E-state index contributed by atoms with van der Waals surface area (Å²) >= 11 is 0. The van der Waals surface area contributed by atoms with Gasteiger partial charge in [-0.15, -0.1) is 0 Å². The van der Waals surface area contributed by atoms with Gasteiger partial charge in [-0.1, -0.05) is 48.9 Å². The number of sulfonamides is 1. The van der Waals surface area contributed by atoms with Gasteiger partial charge in [-0.2, -0.15) is 4.31 Å². The lowest BCUT2D eigenvalue weighted by Gasteiger charge is -2.34. The lowest BCUT2D eigenvalue weighted by Crippen LogP contribution is -2.48. The Morgan fingerprint density at radius 2 is 1.39 bits per heavy atom. The van der Waals surface area contributed by atoms with Gasteiger partial charge in [0, 0.05) is 45.8 Å². The molecule has 0 unspecified atom stereocenters. The molecule has 2 aliphatic rings. The molecule has 0 atom stereocenters. The molecule has 1 amide bonds. The summed E-state index contributed by atoms with van der Waals surface area (Å²) in [6, 6.07) is 17.2. The molecule has 0 bridgehead atoms. The van der Waals surface area contributed by atoms with Crippen molar-refractivity contribution in [1.29, 1.82) is 0 Å². The second kappa shape index (κ2) is 9.94. The average molecular weight is 442 g/mol. The highest BCUT2D eigenvalue weighted by Crippen LogP contribution is 2.21. The van der Waals surface area contributed by atoms with Crippen molar-refractivity contribution in [2.24, 2.45) is 0 Å². The van der Waals surface area contributed by atoms with Crippen LogP contribution in [0.5, 0.6) is 0 Å². The van der Waals surface area contributed by atoms with Gasteiger partial charge in [0.15, 0.2) is 0 Å². The molecule has 0 saturated carbocycles. The maximum atomic E-state index is 12.8. The molecule has 4 rings (SSSR count). The second-order valence-corrected chi connectivity index (χ2v) is 10.4. The molecule has 166 valence electrons. The quantitative estimate of drug-likeness (QED) is 0.692. The third-order valence-corrected chi connectivity index (χ3v) is 8.12. The van der Waals surface area contributed by atoms with Crippen molar-refractivity contribution in [1.82, 2.24) is 14.1 Å². The molecule has 0 spiro atoms. The summed E-state index contributed by atoms with van der Waals surface area (Å²) in [5.41, 5.74) is 2.15. The second-order valence-electron chi connectivity index (χ2n) is 8.43. The predicted octanol–water partition coefficient (Wildman–Crippen LogP) is 2.75. The molecule has 2 aromatic rings. The smallest absolute Gasteiger partial charge is 0.243 e. The van der Waals surface area contributed by atoms with E-state index in [4.69, 9.17) is 0 Å². The minimum Gasteiger partial charge on any atom is -0.340 e. The van der Waals surface area contributed by atoms with E-state index in [1.165, 1.54) is 5.56 Å². The third kappa shape index (κ3) is 5.53. The Labute approximate surface area is 185 Å². The van der Waals surface area contributed by atoms with Crippen LogP contribution in [0.2, 0.25) is 0 Å². The summed E-state index contributed by atoms with van der Waals surface area (Å²) in [4.78, 5) is 17.4. The van der Waals surface area contributed by atoms with Gasteiger partial charge in [0.25, 0.3) is 0 Å². The van der Waals surface area contributed by atoms with Crippen molar-refractivity contribution in [3.63, 3.8) is 0 Å². The SMILES string of the molecule is O=C(Cc1ccc(S(=O)(=O)N2CCCCC2)cc1)N1CCN(Cc2ccccc2)CC1. The van der Waals surface area contributed by atoms with Crippen molar-refractivity contribution < 1.29 is 13.2 Å². The highest BCUT2D eigenvalue weighted by Gasteiger charge is 2.26. The lowest BCUT2D eigenvalue weighted by molar-refractivity contribution is -0.132. The van der Waals surface area contributed by atoms with E-state index in [1.807, 2.05) is 11.0 Å². The van der Waals surface area contributed by atoms with Crippen LogP contribution in [0, 0.1) is 0 Å². The molecular formula is C24H31N3O3S. The van der Waals surface area contributed by atoms with E-state index in [9.17, 15) is 13.2 Å². The molecule has 2 heterocycles. The summed E-state index contributed by atoms with van der Waals surface area (Å²) in [5.74, 6) is 0.103. The Balaban J connectivity index is 1.29. The van der Waals surface area contributed by atoms with E-state index in [1.54, 1.807) is 28.6 Å². The Hall–Kier alpha value is -2.22. The van der Waals surface area contributed by atoms with Crippen LogP contribution in [0.3, 0.4) is 0 Å². The minimum atomic E-state index is -3.43. The van der Waals surface area contributed by atoms with Crippen molar-refractivity contribution in [3.8, 4) is 0 Å². The Bertz CT molecular complexity index is 963. The van der Waals surface area contributed by atoms with E-state index in [0.717, 1.165) is 57.5 Å². The normalized spacial score (nSPS) is 18.8. The molecule has 0 radical (unpaired) electrons. The predicted molar refractivity (Wildman–Crippen MR) is 121 cm³/mol. The highest BCUT2D eigenvalue weighted by molar-refractivity contribution is 7.89. The third-order valence-electron chi connectivity index (χ3n) is 6.21. The Morgan fingerprint density at radius 3 is 2.03 bits per heavy atom. The summed E-state index contributed by atoms with van der Waals surface area (Å²) in [6.45, 7) is 5.30. The first kappa shape index (κ1) is 22.0. The molecule has 6 nitrogen and oxygen atoms in total. The number of carbonyl (C=O) groups excluding carboxylic acids is 1. The van der Waals surface area contributed by atoms with Crippen molar-refractivity contribution in [2.45, 2.75) is 37.1 Å². The number of amides is 1. The largest absolute Gasteiger partial charge is 0.340 e. The molecule has 2 fully saturated rings. The standard InChI is InChI=1S/C24H31N3O3S/c28-24(26-17-15-25(16-18-26)20-22-7-3-1-4-8-22)19-21-9-11-23(12-10-21)31(29,30)27-13-5-2-6-14-27/h1,3-4,7-12H,2,5-6,13-20H2. The summed E-state index contributed by atoms with van der Waals surface area (Å²) in [7, 11) is -3.43. The van der Waals surface area contributed by atoms with Gasteiger partial charge in [0.1, 0.15) is 0 Å². The fraction of sp³-hybridized carbons (Fsp3) is 0.458. The first-order chi connectivity index (χ1) is 15.0. The van der Waals surface area contributed by atoms with Crippen LogP contribution >= 0.6 is 0 Å². The van der Waals surface area contributed by atoms with Crippen LogP contribution in [0.4, 0.5) is 0 Å². The molecule has 0 N–H and O–H groups in total. The molecule has 2 saturated heterocycles. The molecular weight excluding hydrogens is 410 g/mol. The van der Waals surface area contributed by atoms with Gasteiger partial charge in [0.05, 0.1) is 11.3 Å². The number of piperazine rings is 1. The lowest BCUT2D eigenvalue weighted by atomic mass is 10.1. The van der Waals surface area contributed by atoms with Gasteiger partial charge in [-0.25, -0.2) is 8.42 Å². The van der Waals surface area contributed by atoms with Crippen molar-refractivity contribution >= 4 is 15.9 Å². The van der Waals surface area contributed by atoms with Gasteiger partial charge < -0.3 is 4.90 Å². The van der Waals surface area contributed by atoms with E-state index < -0.39 is 10.0 Å². The topological polar surface area (TPSA) is 60.9 Å². The molecule has 0 aliphatic carbocycles. The van der Waals surface area contributed by atoms with Gasteiger partial charge in [-0.05, 0) is 36.1 Å². The van der Waals surface area contributed by atoms with Gasteiger partial charge >= 0.3 is 0 Å². The van der Waals surface area contributed by atoms with Crippen LogP contribution in [0.15, 0.2) is 59.5 Å². The van der Waals surface area contributed by atoms with Crippen LogP contribution in [0.25, 0.3) is 0 Å². The fourth-order valence-corrected chi connectivity index (χ4v) is 5.83. The first-order valence-corrected chi connectivity index (χ1v) is 12.6.